The van der Waals surface area contributed by atoms with E-state index in [-0.39, 0.29) is 17.7 Å². The number of hydrogen-bond donors (Lipinski definition) is 1. The molecule has 1 atom stereocenters. The number of pyridine rings is 1. The lowest BCUT2D eigenvalue weighted by atomic mass is 10.2. The summed E-state index contributed by atoms with van der Waals surface area (Å²) in [6.45, 7) is 2.74. The molecule has 0 aromatic carbocycles. The van der Waals surface area contributed by atoms with E-state index in [4.69, 9.17) is 5.73 Å². The molecule has 1 unspecified atom stereocenters. The van der Waals surface area contributed by atoms with Gasteiger partial charge in [0.05, 0.1) is 0 Å². The number of hydrogen-bond acceptors (Lipinski definition) is 3. The summed E-state index contributed by atoms with van der Waals surface area (Å²) in [6.07, 6.45) is 2.00. The summed E-state index contributed by atoms with van der Waals surface area (Å²) in [7, 11) is 0. The van der Waals surface area contributed by atoms with Crippen LogP contribution in [0.4, 0.5) is 20.4 Å². The quantitative estimate of drug-likeness (QED) is 0.775. The third-order valence-electron chi connectivity index (χ3n) is 2.76. The molecule has 1 aromatic rings. The Morgan fingerprint density at radius 2 is 2.20 bits per heavy atom. The highest BCUT2D eigenvalue weighted by Gasteiger charge is 2.25. The molecular weight excluding hydrogens is 200 g/mol. The summed E-state index contributed by atoms with van der Waals surface area (Å²) >= 11 is 0. The minimum atomic E-state index is -0.803. The summed E-state index contributed by atoms with van der Waals surface area (Å²) in [4.78, 5) is 5.58. The van der Waals surface area contributed by atoms with Crippen molar-refractivity contribution in [3.63, 3.8) is 0 Å². The summed E-state index contributed by atoms with van der Waals surface area (Å²) in [5.74, 6) is -1.53. The maximum Gasteiger partial charge on any atom is 0.168 e. The average Bonchev–Trinajstić information content (AvgIpc) is 2.58. The fourth-order valence-corrected chi connectivity index (χ4v) is 1.92. The number of anilines is 2. The number of aromatic nitrogens is 1. The molecule has 0 spiro atoms. The molecule has 0 radical (unpaired) electrons. The lowest BCUT2D eigenvalue weighted by Crippen LogP contribution is -2.28. The van der Waals surface area contributed by atoms with Crippen molar-refractivity contribution in [2.24, 2.45) is 0 Å². The van der Waals surface area contributed by atoms with Crippen LogP contribution in [0.3, 0.4) is 0 Å². The second kappa shape index (κ2) is 3.64. The number of nitrogens with zero attached hydrogens (tertiary/aromatic N) is 2. The second-order valence-electron chi connectivity index (χ2n) is 3.85. The molecule has 1 aliphatic heterocycles. The van der Waals surface area contributed by atoms with Gasteiger partial charge in [-0.15, -0.1) is 0 Å². The minimum absolute atomic E-state index is 0.166. The van der Waals surface area contributed by atoms with Crippen LogP contribution >= 0.6 is 0 Å². The maximum atomic E-state index is 13.5. The standard InChI is InChI=1S/C10H13F2N3/c1-6-3-2-4-15(6)10-8(12)5-7(11)9(13)14-10/h5-6H,2-4H2,1H3,(H2,13,14). The van der Waals surface area contributed by atoms with Crippen molar-refractivity contribution in [3.8, 4) is 0 Å². The van der Waals surface area contributed by atoms with Crippen molar-refractivity contribution >= 4 is 11.6 Å². The Balaban J connectivity index is 2.39. The lowest BCUT2D eigenvalue weighted by molar-refractivity contribution is 0.569. The lowest BCUT2D eigenvalue weighted by Gasteiger charge is -2.23. The maximum absolute atomic E-state index is 13.5. The number of nitrogen functional groups attached to an aromatic ring is 1. The van der Waals surface area contributed by atoms with Gasteiger partial charge in [0.1, 0.15) is 0 Å². The molecule has 2 heterocycles. The molecule has 5 heteroatoms. The Morgan fingerprint density at radius 1 is 1.47 bits per heavy atom. The van der Waals surface area contributed by atoms with E-state index in [9.17, 15) is 8.78 Å². The first-order valence-corrected chi connectivity index (χ1v) is 4.97. The van der Waals surface area contributed by atoms with Crippen LogP contribution in [-0.4, -0.2) is 17.6 Å². The highest BCUT2D eigenvalue weighted by molar-refractivity contribution is 5.48. The Morgan fingerprint density at radius 3 is 2.80 bits per heavy atom. The van der Waals surface area contributed by atoms with Gasteiger partial charge in [0.15, 0.2) is 23.3 Å². The summed E-state index contributed by atoms with van der Waals surface area (Å²) in [5, 5.41) is 0. The van der Waals surface area contributed by atoms with E-state index in [0.29, 0.717) is 0 Å². The fraction of sp³-hybridized carbons (Fsp3) is 0.500. The first-order valence-electron chi connectivity index (χ1n) is 4.97. The zero-order valence-electron chi connectivity index (χ0n) is 8.50. The van der Waals surface area contributed by atoms with Crippen LogP contribution in [0.5, 0.6) is 0 Å². The molecule has 2 rings (SSSR count). The van der Waals surface area contributed by atoms with Crippen LogP contribution in [0, 0.1) is 11.6 Å². The topological polar surface area (TPSA) is 42.2 Å². The predicted octanol–water partition coefficient (Wildman–Crippen LogP) is 1.93. The van der Waals surface area contributed by atoms with Crippen LogP contribution in [-0.2, 0) is 0 Å². The zero-order chi connectivity index (χ0) is 11.0. The van der Waals surface area contributed by atoms with Gasteiger partial charge in [-0.05, 0) is 19.8 Å². The van der Waals surface area contributed by atoms with E-state index >= 15 is 0 Å². The average molecular weight is 213 g/mol. The van der Waals surface area contributed by atoms with Gasteiger partial charge >= 0.3 is 0 Å². The summed E-state index contributed by atoms with van der Waals surface area (Å²) in [6, 6.07) is 1.03. The van der Waals surface area contributed by atoms with E-state index in [1.54, 1.807) is 0 Å². The van der Waals surface area contributed by atoms with E-state index in [1.807, 2.05) is 11.8 Å². The molecular formula is C10H13F2N3. The van der Waals surface area contributed by atoms with Crippen LogP contribution < -0.4 is 10.6 Å². The summed E-state index contributed by atoms with van der Waals surface area (Å²) in [5.41, 5.74) is 5.32. The molecule has 1 aliphatic rings. The molecule has 0 amide bonds. The molecule has 15 heavy (non-hydrogen) atoms. The Kier molecular flexibility index (Phi) is 2.46. The Bertz CT molecular complexity index is 381. The van der Waals surface area contributed by atoms with Crippen LogP contribution in [0.15, 0.2) is 6.07 Å². The largest absolute Gasteiger partial charge is 0.381 e. The molecule has 82 valence electrons. The molecule has 1 fully saturated rings. The molecule has 0 bridgehead atoms. The monoisotopic (exact) mass is 213 g/mol. The third kappa shape index (κ3) is 1.73. The van der Waals surface area contributed by atoms with Gasteiger partial charge < -0.3 is 10.6 Å². The van der Waals surface area contributed by atoms with Gasteiger partial charge in [0.25, 0.3) is 0 Å². The fourth-order valence-electron chi connectivity index (χ4n) is 1.92. The van der Waals surface area contributed by atoms with Gasteiger partial charge in [-0.3, -0.25) is 0 Å². The van der Waals surface area contributed by atoms with Gasteiger partial charge in [0, 0.05) is 18.7 Å². The van der Waals surface area contributed by atoms with Crippen molar-refractivity contribution in [3.05, 3.63) is 17.7 Å². The SMILES string of the molecule is CC1CCCN1c1nc(N)c(F)cc1F. The van der Waals surface area contributed by atoms with Crippen molar-refractivity contribution in [2.75, 3.05) is 17.2 Å². The van der Waals surface area contributed by atoms with Crippen LogP contribution in [0.1, 0.15) is 19.8 Å². The van der Waals surface area contributed by atoms with Crippen molar-refractivity contribution < 1.29 is 8.78 Å². The molecule has 0 saturated carbocycles. The predicted molar refractivity (Wildman–Crippen MR) is 54.6 cm³/mol. The van der Waals surface area contributed by atoms with E-state index < -0.39 is 11.6 Å². The van der Waals surface area contributed by atoms with Crippen LogP contribution in [0.25, 0.3) is 0 Å². The van der Waals surface area contributed by atoms with Gasteiger partial charge in [-0.1, -0.05) is 0 Å². The van der Waals surface area contributed by atoms with Crippen molar-refractivity contribution in [2.45, 2.75) is 25.8 Å². The summed E-state index contributed by atoms with van der Waals surface area (Å²) < 4.78 is 26.4. The van der Waals surface area contributed by atoms with E-state index in [0.717, 1.165) is 25.5 Å². The van der Waals surface area contributed by atoms with Gasteiger partial charge in [-0.2, -0.15) is 0 Å². The van der Waals surface area contributed by atoms with E-state index in [1.165, 1.54) is 0 Å². The molecule has 0 aliphatic carbocycles. The van der Waals surface area contributed by atoms with Crippen molar-refractivity contribution in [1.82, 2.24) is 4.98 Å². The third-order valence-corrected chi connectivity index (χ3v) is 2.76. The highest BCUT2D eigenvalue weighted by atomic mass is 19.1. The van der Waals surface area contributed by atoms with E-state index in [2.05, 4.69) is 4.98 Å². The highest BCUT2D eigenvalue weighted by Crippen LogP contribution is 2.27. The molecule has 1 saturated heterocycles. The first kappa shape index (κ1) is 10.1. The number of halogens is 2. The molecule has 1 aromatic heterocycles. The second-order valence-corrected chi connectivity index (χ2v) is 3.85. The van der Waals surface area contributed by atoms with Gasteiger partial charge in [0.2, 0.25) is 0 Å². The van der Waals surface area contributed by atoms with Gasteiger partial charge in [-0.25, -0.2) is 13.8 Å². The normalized spacial score (nSPS) is 21.0. The Labute approximate surface area is 86.9 Å². The minimum Gasteiger partial charge on any atom is -0.381 e. The zero-order valence-corrected chi connectivity index (χ0v) is 8.50. The van der Waals surface area contributed by atoms with Crippen molar-refractivity contribution in [1.29, 1.82) is 0 Å². The van der Waals surface area contributed by atoms with Crippen LogP contribution in [0.2, 0.25) is 0 Å². The molecule has 3 nitrogen and oxygen atoms in total. The Hall–Kier alpha value is -1.39. The first-order chi connectivity index (χ1) is 7.09. The smallest absolute Gasteiger partial charge is 0.168 e. The number of rotatable bonds is 1. The number of nitrogens with two attached hydrogens (primary N) is 1. The molecule has 2 N–H and O–H groups in total.